The normalized spacial score (nSPS) is 10.4. The third-order valence-electron chi connectivity index (χ3n) is 3.53. The van der Waals surface area contributed by atoms with Crippen molar-refractivity contribution < 1.29 is 19.1 Å². The minimum absolute atomic E-state index is 0.138. The second-order valence-electron chi connectivity index (χ2n) is 5.81. The lowest BCUT2D eigenvalue weighted by atomic mass is 10.1. The van der Waals surface area contributed by atoms with Crippen LogP contribution in [-0.4, -0.2) is 24.4 Å². The fourth-order valence-electron chi connectivity index (χ4n) is 2.33. The van der Waals surface area contributed by atoms with Gasteiger partial charge in [-0.1, -0.05) is 24.3 Å². The maximum atomic E-state index is 12.2. The van der Waals surface area contributed by atoms with E-state index < -0.39 is 0 Å². The van der Waals surface area contributed by atoms with Gasteiger partial charge in [-0.25, -0.2) is 4.79 Å². The summed E-state index contributed by atoms with van der Waals surface area (Å²) >= 11 is 0. The summed E-state index contributed by atoms with van der Waals surface area (Å²) in [6, 6.07) is 14.2. The second-order valence-corrected chi connectivity index (χ2v) is 5.81. The molecule has 0 saturated carbocycles. The average molecular weight is 366 g/mol. The van der Waals surface area contributed by atoms with E-state index in [4.69, 9.17) is 4.74 Å². The summed E-state index contributed by atoms with van der Waals surface area (Å²) in [4.78, 5) is 34.5. The Kier molecular flexibility index (Phi) is 7.31. The quantitative estimate of drug-likeness (QED) is 0.581. The Balaban J connectivity index is 1.88. The van der Waals surface area contributed by atoms with Crippen molar-refractivity contribution in [1.29, 1.82) is 0 Å². The number of rotatable bonds is 7. The lowest BCUT2D eigenvalue weighted by Crippen LogP contribution is -2.14. The van der Waals surface area contributed by atoms with E-state index in [9.17, 15) is 14.4 Å². The topological polar surface area (TPSA) is 84.5 Å². The number of nitrogens with one attached hydrogen (secondary N) is 2. The molecule has 140 valence electrons. The Labute approximate surface area is 158 Å². The van der Waals surface area contributed by atoms with E-state index in [1.807, 2.05) is 0 Å². The Morgan fingerprint density at radius 3 is 2.11 bits per heavy atom. The summed E-state index contributed by atoms with van der Waals surface area (Å²) in [5.74, 6) is -0.669. The van der Waals surface area contributed by atoms with E-state index in [1.165, 1.54) is 13.0 Å². The summed E-state index contributed by atoms with van der Waals surface area (Å²) in [6.07, 6.45) is 3.24. The molecule has 27 heavy (non-hydrogen) atoms. The third-order valence-corrected chi connectivity index (χ3v) is 3.53. The standard InChI is InChI=1S/C21H22N2O4/c1-3-27-21(26)13-8-16-4-9-19(10-5-16)23-20(25)14-17-6-11-18(12-7-17)22-15(2)24/h4-13H,3,14H2,1-2H3,(H,22,24)(H,23,25)/b13-8+. The van der Waals surface area contributed by atoms with Crippen LogP contribution in [0.15, 0.2) is 54.6 Å². The molecule has 2 aromatic rings. The molecule has 0 aliphatic carbocycles. The van der Waals surface area contributed by atoms with Gasteiger partial charge in [0.05, 0.1) is 13.0 Å². The molecular formula is C21H22N2O4. The van der Waals surface area contributed by atoms with Crippen LogP contribution in [0.4, 0.5) is 11.4 Å². The van der Waals surface area contributed by atoms with Crippen molar-refractivity contribution >= 4 is 35.2 Å². The van der Waals surface area contributed by atoms with Crippen LogP contribution in [0.5, 0.6) is 0 Å². The SMILES string of the molecule is CCOC(=O)/C=C/c1ccc(NC(=O)Cc2ccc(NC(C)=O)cc2)cc1. The third kappa shape index (κ3) is 7.15. The summed E-state index contributed by atoms with van der Waals surface area (Å²) in [7, 11) is 0. The molecule has 2 N–H and O–H groups in total. The van der Waals surface area contributed by atoms with E-state index in [0.29, 0.717) is 18.0 Å². The van der Waals surface area contributed by atoms with Gasteiger partial charge in [-0.2, -0.15) is 0 Å². The zero-order chi connectivity index (χ0) is 19.6. The van der Waals surface area contributed by atoms with Crippen LogP contribution in [-0.2, 0) is 25.5 Å². The Morgan fingerprint density at radius 2 is 1.52 bits per heavy atom. The Morgan fingerprint density at radius 1 is 0.926 bits per heavy atom. The molecule has 0 spiro atoms. The number of amides is 2. The predicted octanol–water partition coefficient (Wildman–Crippen LogP) is 3.40. The Hall–Kier alpha value is -3.41. The molecule has 6 nitrogen and oxygen atoms in total. The van der Waals surface area contributed by atoms with Gasteiger partial charge in [0.15, 0.2) is 0 Å². The average Bonchev–Trinajstić information content (AvgIpc) is 2.62. The maximum Gasteiger partial charge on any atom is 0.330 e. The van der Waals surface area contributed by atoms with Crippen molar-refractivity contribution in [2.75, 3.05) is 17.2 Å². The zero-order valence-electron chi connectivity index (χ0n) is 15.3. The fraction of sp³-hybridized carbons (Fsp3) is 0.190. The van der Waals surface area contributed by atoms with E-state index in [0.717, 1.165) is 11.1 Å². The van der Waals surface area contributed by atoms with Gasteiger partial charge in [0.2, 0.25) is 11.8 Å². The van der Waals surface area contributed by atoms with Crippen molar-refractivity contribution in [3.8, 4) is 0 Å². The molecule has 0 aliphatic rings. The Bertz CT molecular complexity index is 824. The number of ether oxygens (including phenoxy) is 1. The van der Waals surface area contributed by atoms with Gasteiger partial charge in [-0.15, -0.1) is 0 Å². The number of carbonyl (C=O) groups is 3. The molecular weight excluding hydrogens is 344 g/mol. The molecule has 0 heterocycles. The molecule has 2 amide bonds. The minimum Gasteiger partial charge on any atom is -0.463 e. The number of hydrogen-bond donors (Lipinski definition) is 2. The van der Waals surface area contributed by atoms with Crippen LogP contribution >= 0.6 is 0 Å². The van der Waals surface area contributed by atoms with E-state index in [1.54, 1.807) is 61.5 Å². The van der Waals surface area contributed by atoms with Crippen molar-refractivity contribution in [2.45, 2.75) is 20.3 Å². The highest BCUT2D eigenvalue weighted by molar-refractivity contribution is 5.93. The highest BCUT2D eigenvalue weighted by atomic mass is 16.5. The highest BCUT2D eigenvalue weighted by Crippen LogP contribution is 2.13. The first kappa shape index (κ1) is 19.9. The molecule has 0 radical (unpaired) electrons. The van der Waals surface area contributed by atoms with Gasteiger partial charge in [-0.05, 0) is 48.4 Å². The van der Waals surface area contributed by atoms with Crippen molar-refractivity contribution in [3.63, 3.8) is 0 Å². The monoisotopic (exact) mass is 366 g/mol. The van der Waals surface area contributed by atoms with Gasteiger partial charge in [0.1, 0.15) is 0 Å². The van der Waals surface area contributed by atoms with Gasteiger partial charge >= 0.3 is 5.97 Å². The molecule has 0 bridgehead atoms. The predicted molar refractivity (Wildman–Crippen MR) is 105 cm³/mol. The largest absolute Gasteiger partial charge is 0.463 e. The second kappa shape index (κ2) is 9.91. The summed E-state index contributed by atoms with van der Waals surface area (Å²) < 4.78 is 4.82. The summed E-state index contributed by atoms with van der Waals surface area (Å²) in [5, 5.41) is 5.51. The molecule has 0 aromatic heterocycles. The van der Waals surface area contributed by atoms with Crippen LogP contribution in [0, 0.1) is 0 Å². The summed E-state index contributed by atoms with van der Waals surface area (Å²) in [6.45, 7) is 3.53. The molecule has 0 atom stereocenters. The highest BCUT2D eigenvalue weighted by Gasteiger charge is 2.05. The van der Waals surface area contributed by atoms with Gasteiger partial charge in [-0.3, -0.25) is 9.59 Å². The summed E-state index contributed by atoms with van der Waals surface area (Å²) in [5.41, 5.74) is 3.03. The van der Waals surface area contributed by atoms with Crippen molar-refractivity contribution in [1.82, 2.24) is 0 Å². The first-order chi connectivity index (χ1) is 13.0. The number of hydrogen-bond acceptors (Lipinski definition) is 4. The van der Waals surface area contributed by atoms with E-state index in [2.05, 4.69) is 10.6 Å². The van der Waals surface area contributed by atoms with Gasteiger partial charge < -0.3 is 15.4 Å². The first-order valence-corrected chi connectivity index (χ1v) is 8.57. The molecule has 0 unspecified atom stereocenters. The van der Waals surface area contributed by atoms with Crippen LogP contribution in [0.3, 0.4) is 0 Å². The zero-order valence-corrected chi connectivity index (χ0v) is 15.3. The van der Waals surface area contributed by atoms with Crippen molar-refractivity contribution in [3.05, 3.63) is 65.7 Å². The van der Waals surface area contributed by atoms with Gasteiger partial charge in [0.25, 0.3) is 0 Å². The minimum atomic E-state index is -0.389. The van der Waals surface area contributed by atoms with Crippen LogP contribution in [0.25, 0.3) is 6.08 Å². The van der Waals surface area contributed by atoms with Crippen LogP contribution in [0.1, 0.15) is 25.0 Å². The molecule has 2 aromatic carbocycles. The lowest BCUT2D eigenvalue weighted by Gasteiger charge is -2.07. The number of carbonyl (C=O) groups excluding carboxylic acids is 3. The van der Waals surface area contributed by atoms with Crippen LogP contribution < -0.4 is 10.6 Å². The maximum absolute atomic E-state index is 12.2. The molecule has 0 fully saturated rings. The molecule has 0 saturated heterocycles. The van der Waals surface area contributed by atoms with Crippen LogP contribution in [0.2, 0.25) is 0 Å². The number of esters is 1. The number of anilines is 2. The first-order valence-electron chi connectivity index (χ1n) is 8.57. The molecule has 2 rings (SSSR count). The number of benzene rings is 2. The molecule has 0 aliphatic heterocycles. The molecule has 6 heteroatoms. The lowest BCUT2D eigenvalue weighted by molar-refractivity contribution is -0.137. The van der Waals surface area contributed by atoms with E-state index >= 15 is 0 Å². The fourth-order valence-corrected chi connectivity index (χ4v) is 2.33. The van der Waals surface area contributed by atoms with Gasteiger partial charge in [0, 0.05) is 24.4 Å². The van der Waals surface area contributed by atoms with Crippen molar-refractivity contribution in [2.24, 2.45) is 0 Å². The van der Waals surface area contributed by atoms with E-state index in [-0.39, 0.29) is 24.2 Å². The smallest absolute Gasteiger partial charge is 0.330 e.